The normalized spacial score (nSPS) is 18.9. The summed E-state index contributed by atoms with van der Waals surface area (Å²) < 4.78 is 43.1. The number of carbonyl (C=O) groups excluding carboxylic acids is 1. The number of hydrogen-bond acceptors (Lipinski definition) is 5. The van der Waals surface area contributed by atoms with Crippen LogP contribution in [-0.2, 0) is 5.54 Å². The molecule has 1 aromatic carbocycles. The van der Waals surface area contributed by atoms with Crippen LogP contribution in [0.25, 0.3) is 17.2 Å². The van der Waals surface area contributed by atoms with E-state index in [-0.39, 0.29) is 17.4 Å². The summed E-state index contributed by atoms with van der Waals surface area (Å²) in [5, 5.41) is 7.59. The van der Waals surface area contributed by atoms with Crippen molar-refractivity contribution in [3.8, 4) is 17.2 Å². The van der Waals surface area contributed by atoms with E-state index in [9.17, 15) is 18.0 Å². The number of benzene rings is 1. The van der Waals surface area contributed by atoms with Gasteiger partial charge in [-0.15, -0.1) is 10.2 Å². The van der Waals surface area contributed by atoms with Gasteiger partial charge in [0.1, 0.15) is 23.9 Å². The quantitative estimate of drug-likeness (QED) is 0.374. The minimum atomic E-state index is -4.47. The molecule has 2 saturated carbocycles. The first-order valence-corrected chi connectivity index (χ1v) is 12.2. The van der Waals surface area contributed by atoms with Gasteiger partial charge in [0.25, 0.3) is 5.91 Å². The van der Waals surface area contributed by atoms with Gasteiger partial charge >= 0.3 is 6.18 Å². The van der Waals surface area contributed by atoms with E-state index in [1.807, 2.05) is 29.0 Å². The Balaban J connectivity index is 1.25. The zero-order valence-electron chi connectivity index (χ0n) is 19.9. The number of imidazole rings is 1. The topological polar surface area (TPSA) is 81.7 Å². The summed E-state index contributed by atoms with van der Waals surface area (Å²) in [6.07, 6.45) is 4.28. The Labute approximate surface area is 209 Å². The average molecular weight is 506 g/mol. The molecule has 4 heterocycles. The van der Waals surface area contributed by atoms with Crippen LogP contribution in [0.3, 0.4) is 0 Å². The van der Waals surface area contributed by atoms with Gasteiger partial charge in [0.05, 0.1) is 17.6 Å². The van der Waals surface area contributed by atoms with Crippen molar-refractivity contribution in [2.24, 2.45) is 0 Å². The van der Waals surface area contributed by atoms with Crippen LogP contribution >= 0.6 is 0 Å². The van der Waals surface area contributed by atoms with Gasteiger partial charge in [0, 0.05) is 23.4 Å². The Morgan fingerprint density at radius 3 is 2.65 bits per heavy atom. The predicted molar refractivity (Wildman–Crippen MR) is 127 cm³/mol. The second kappa shape index (κ2) is 7.50. The van der Waals surface area contributed by atoms with E-state index in [2.05, 4.69) is 20.2 Å². The summed E-state index contributed by atoms with van der Waals surface area (Å²) in [6.45, 7) is 1.04. The van der Waals surface area contributed by atoms with Crippen LogP contribution in [0.4, 0.5) is 19.0 Å². The molecule has 188 valence electrons. The standard InChI is InChI=1S/C26H22F3N7O/c1-15(26(27,28)29)35-14-31-33-23(35)20-3-2-4-22(32-20)36-24(37)18-11-17(7-8-19(18)25(36)9-10-25)34-12-21(30-13-34)16-5-6-16/h2-4,7-8,11-16H,5-6,9-10H2,1H3/t15-/m0/s1. The first kappa shape index (κ1) is 22.2. The number of halogens is 3. The Morgan fingerprint density at radius 2 is 1.92 bits per heavy atom. The van der Waals surface area contributed by atoms with Crippen molar-refractivity contribution in [2.45, 2.75) is 56.3 Å². The zero-order chi connectivity index (χ0) is 25.5. The van der Waals surface area contributed by atoms with Crippen LogP contribution in [0.15, 0.2) is 55.2 Å². The number of hydrogen-bond donors (Lipinski definition) is 0. The fourth-order valence-corrected chi connectivity index (χ4v) is 5.25. The molecular formula is C26H22F3N7O. The molecule has 11 heteroatoms. The molecule has 1 amide bonds. The molecule has 1 spiro atoms. The van der Waals surface area contributed by atoms with Gasteiger partial charge in [-0.2, -0.15) is 13.2 Å². The van der Waals surface area contributed by atoms with Gasteiger partial charge in [0.15, 0.2) is 5.82 Å². The van der Waals surface area contributed by atoms with Crippen molar-refractivity contribution < 1.29 is 18.0 Å². The monoisotopic (exact) mass is 505 g/mol. The van der Waals surface area contributed by atoms with Crippen molar-refractivity contribution in [1.82, 2.24) is 29.3 Å². The molecule has 37 heavy (non-hydrogen) atoms. The van der Waals surface area contributed by atoms with Crippen molar-refractivity contribution in [3.63, 3.8) is 0 Å². The molecule has 0 radical (unpaired) electrons. The second-order valence-corrected chi connectivity index (χ2v) is 10.0. The van der Waals surface area contributed by atoms with Crippen molar-refractivity contribution >= 4 is 11.7 Å². The number of rotatable bonds is 5. The minimum absolute atomic E-state index is 0.00505. The van der Waals surface area contributed by atoms with Gasteiger partial charge in [-0.3, -0.25) is 9.69 Å². The fraction of sp³-hybridized carbons (Fsp3) is 0.346. The molecule has 0 saturated heterocycles. The van der Waals surface area contributed by atoms with Crippen LogP contribution < -0.4 is 4.90 Å². The molecule has 4 aromatic rings. The first-order valence-electron chi connectivity index (χ1n) is 12.2. The predicted octanol–water partition coefficient (Wildman–Crippen LogP) is 5.18. The molecule has 7 rings (SSSR count). The lowest BCUT2D eigenvalue weighted by Crippen LogP contribution is -2.34. The largest absolute Gasteiger partial charge is 0.408 e. The number of alkyl halides is 3. The van der Waals surface area contributed by atoms with Crippen LogP contribution in [0.2, 0.25) is 0 Å². The van der Waals surface area contributed by atoms with E-state index in [1.54, 1.807) is 29.4 Å². The van der Waals surface area contributed by atoms with Gasteiger partial charge < -0.3 is 9.13 Å². The molecule has 0 unspecified atom stereocenters. The number of carbonyl (C=O) groups is 1. The van der Waals surface area contributed by atoms with Crippen LogP contribution in [-0.4, -0.2) is 41.4 Å². The maximum atomic E-state index is 13.7. The summed E-state index contributed by atoms with van der Waals surface area (Å²) in [7, 11) is 0. The summed E-state index contributed by atoms with van der Waals surface area (Å²) in [5.74, 6) is 0.734. The zero-order valence-corrected chi connectivity index (χ0v) is 19.9. The number of aromatic nitrogens is 6. The maximum absolute atomic E-state index is 13.7. The van der Waals surface area contributed by atoms with E-state index in [4.69, 9.17) is 0 Å². The third kappa shape index (κ3) is 3.40. The van der Waals surface area contributed by atoms with E-state index in [0.717, 1.165) is 60.4 Å². The Hall–Kier alpha value is -4.02. The number of nitrogens with zero attached hydrogens (tertiary/aromatic N) is 7. The summed E-state index contributed by atoms with van der Waals surface area (Å²) >= 11 is 0. The van der Waals surface area contributed by atoms with Crippen LogP contribution in [0.1, 0.15) is 66.2 Å². The molecule has 2 fully saturated rings. The highest BCUT2D eigenvalue weighted by Gasteiger charge is 2.59. The molecule has 8 nitrogen and oxygen atoms in total. The molecule has 2 aliphatic carbocycles. The van der Waals surface area contributed by atoms with E-state index >= 15 is 0 Å². The van der Waals surface area contributed by atoms with Gasteiger partial charge in [0.2, 0.25) is 0 Å². The highest BCUT2D eigenvalue weighted by molar-refractivity contribution is 6.12. The molecule has 1 atom stereocenters. The lowest BCUT2D eigenvalue weighted by molar-refractivity contribution is -0.162. The molecule has 0 bridgehead atoms. The molecule has 3 aromatic heterocycles. The number of pyridine rings is 1. The summed E-state index contributed by atoms with van der Waals surface area (Å²) in [5.41, 5.74) is 3.22. The maximum Gasteiger partial charge on any atom is 0.408 e. The van der Waals surface area contributed by atoms with Crippen LogP contribution in [0.5, 0.6) is 0 Å². The number of anilines is 1. The van der Waals surface area contributed by atoms with Crippen molar-refractivity contribution in [2.75, 3.05) is 4.90 Å². The SMILES string of the molecule is C[C@H](n1cnnc1-c1cccc(N2C(=O)c3cc(-n4cnc(C5CC5)c4)ccc3C23CC3)n1)C(F)(F)F. The summed E-state index contributed by atoms with van der Waals surface area (Å²) in [6, 6.07) is 9.03. The van der Waals surface area contributed by atoms with Gasteiger partial charge in [-0.05, 0) is 62.4 Å². The Kier molecular flexibility index (Phi) is 4.50. The van der Waals surface area contributed by atoms with Crippen molar-refractivity contribution in [1.29, 1.82) is 0 Å². The molecule has 1 aliphatic heterocycles. The molecule has 3 aliphatic rings. The average Bonchev–Trinajstić information content (AvgIpc) is 3.76. The fourth-order valence-electron chi connectivity index (χ4n) is 5.25. The highest BCUT2D eigenvalue weighted by Crippen LogP contribution is 2.58. The van der Waals surface area contributed by atoms with Gasteiger partial charge in [-0.25, -0.2) is 9.97 Å². The lowest BCUT2D eigenvalue weighted by Gasteiger charge is -2.24. The second-order valence-electron chi connectivity index (χ2n) is 10.0. The first-order chi connectivity index (χ1) is 17.8. The van der Waals surface area contributed by atoms with E-state index < -0.39 is 17.8 Å². The third-order valence-corrected chi connectivity index (χ3v) is 7.64. The number of fused-ring (bicyclic) bond motifs is 2. The number of amides is 1. The van der Waals surface area contributed by atoms with Crippen LogP contribution in [0, 0.1) is 0 Å². The van der Waals surface area contributed by atoms with Gasteiger partial charge in [-0.1, -0.05) is 12.1 Å². The summed E-state index contributed by atoms with van der Waals surface area (Å²) in [4.78, 5) is 24.5. The lowest BCUT2D eigenvalue weighted by atomic mass is 10.0. The third-order valence-electron chi connectivity index (χ3n) is 7.64. The van der Waals surface area contributed by atoms with E-state index in [1.165, 1.54) is 0 Å². The van der Waals surface area contributed by atoms with E-state index in [0.29, 0.717) is 17.3 Å². The molecular weight excluding hydrogens is 483 g/mol. The highest BCUT2D eigenvalue weighted by atomic mass is 19.4. The molecule has 0 N–H and O–H groups in total. The minimum Gasteiger partial charge on any atom is -0.306 e. The smallest absolute Gasteiger partial charge is 0.306 e. The Morgan fingerprint density at radius 1 is 1.11 bits per heavy atom. The Bertz CT molecular complexity index is 1550. The van der Waals surface area contributed by atoms with Crippen molar-refractivity contribution in [3.05, 3.63) is 72.1 Å².